The Morgan fingerprint density at radius 3 is 2.50 bits per heavy atom. The van der Waals surface area contributed by atoms with Gasteiger partial charge in [-0.2, -0.15) is 5.10 Å². The van der Waals surface area contributed by atoms with E-state index in [2.05, 4.69) is 5.10 Å². The lowest BCUT2D eigenvalue weighted by Crippen LogP contribution is -2.04. The average molecular weight is 408 g/mol. The zero-order valence-corrected chi connectivity index (χ0v) is 15.7. The van der Waals surface area contributed by atoms with Crippen molar-refractivity contribution in [3.05, 3.63) is 68.3 Å². The quantitative estimate of drug-likeness (QED) is 0.594. The molecule has 7 heteroatoms. The molecule has 1 aromatic heterocycles. The van der Waals surface area contributed by atoms with Crippen LogP contribution in [0.1, 0.15) is 28.0 Å². The summed E-state index contributed by atoms with van der Waals surface area (Å²) in [5.41, 5.74) is 4.03. The number of fused-ring (bicyclic) bond motifs is 3. The van der Waals surface area contributed by atoms with E-state index in [9.17, 15) is 9.90 Å². The van der Waals surface area contributed by atoms with Crippen LogP contribution in [0.2, 0.25) is 15.1 Å². The maximum absolute atomic E-state index is 11.8. The summed E-state index contributed by atoms with van der Waals surface area (Å²) in [4.78, 5) is 11.8. The van der Waals surface area contributed by atoms with Crippen molar-refractivity contribution in [2.45, 2.75) is 19.3 Å². The van der Waals surface area contributed by atoms with E-state index in [1.165, 1.54) is 0 Å². The summed E-state index contributed by atoms with van der Waals surface area (Å²) in [7, 11) is 0. The molecule has 0 saturated heterocycles. The molecule has 0 unspecified atom stereocenters. The van der Waals surface area contributed by atoms with Crippen LogP contribution in [-0.2, 0) is 12.8 Å². The van der Waals surface area contributed by atoms with Gasteiger partial charge in [-0.1, -0.05) is 40.9 Å². The van der Waals surface area contributed by atoms with Gasteiger partial charge in [0.25, 0.3) is 0 Å². The number of benzene rings is 2. The van der Waals surface area contributed by atoms with Gasteiger partial charge in [0.1, 0.15) is 0 Å². The van der Waals surface area contributed by atoms with Crippen LogP contribution < -0.4 is 0 Å². The highest BCUT2D eigenvalue weighted by atomic mass is 35.5. The van der Waals surface area contributed by atoms with Crippen LogP contribution in [0.25, 0.3) is 16.9 Å². The number of carboxylic acid groups (broad SMARTS) is 1. The SMILES string of the molecule is O=C(O)c1nn(-c2ccc(Cl)cc2Cl)c2c1CCCc1ccc(Cl)cc1-2. The monoisotopic (exact) mass is 406 g/mol. The van der Waals surface area contributed by atoms with Crippen molar-refractivity contribution in [3.63, 3.8) is 0 Å². The van der Waals surface area contributed by atoms with Crippen LogP contribution in [0, 0.1) is 0 Å². The van der Waals surface area contributed by atoms with Gasteiger partial charge in [0.2, 0.25) is 0 Å². The molecule has 0 bridgehead atoms. The Morgan fingerprint density at radius 2 is 1.77 bits per heavy atom. The molecular weight excluding hydrogens is 395 g/mol. The normalized spacial score (nSPS) is 13.0. The Hall–Kier alpha value is -2.01. The van der Waals surface area contributed by atoms with Gasteiger partial charge in [-0.25, -0.2) is 9.48 Å². The maximum atomic E-state index is 11.8. The minimum absolute atomic E-state index is 0.0406. The van der Waals surface area contributed by atoms with E-state index < -0.39 is 5.97 Å². The molecule has 0 radical (unpaired) electrons. The lowest BCUT2D eigenvalue weighted by molar-refractivity contribution is 0.0688. The summed E-state index contributed by atoms with van der Waals surface area (Å²) in [6, 6.07) is 10.7. The molecule has 4 rings (SSSR count). The molecule has 1 aliphatic carbocycles. The van der Waals surface area contributed by atoms with Gasteiger partial charge in [-0.05, 0) is 55.2 Å². The van der Waals surface area contributed by atoms with Gasteiger partial charge in [-0.15, -0.1) is 0 Å². The van der Waals surface area contributed by atoms with Crippen LogP contribution in [-0.4, -0.2) is 20.9 Å². The molecule has 0 spiro atoms. The molecule has 3 aromatic rings. The topological polar surface area (TPSA) is 55.1 Å². The fourth-order valence-electron chi connectivity index (χ4n) is 3.41. The summed E-state index contributed by atoms with van der Waals surface area (Å²) in [5, 5.41) is 15.5. The van der Waals surface area contributed by atoms with Crippen LogP contribution in [0.3, 0.4) is 0 Å². The van der Waals surface area contributed by atoms with E-state index in [1.54, 1.807) is 22.9 Å². The summed E-state index contributed by atoms with van der Waals surface area (Å²) >= 11 is 18.6. The van der Waals surface area contributed by atoms with Crippen LogP contribution in [0.4, 0.5) is 0 Å². The number of halogens is 3. The van der Waals surface area contributed by atoms with Crippen molar-refractivity contribution in [1.82, 2.24) is 9.78 Å². The van der Waals surface area contributed by atoms with Crippen LogP contribution in [0.15, 0.2) is 36.4 Å². The zero-order valence-electron chi connectivity index (χ0n) is 13.5. The lowest BCUT2D eigenvalue weighted by atomic mass is 10.0. The molecular formula is C19H13Cl3N2O2. The highest BCUT2D eigenvalue weighted by Gasteiger charge is 2.28. The number of rotatable bonds is 2. The van der Waals surface area contributed by atoms with Gasteiger partial charge < -0.3 is 5.11 Å². The molecule has 0 atom stereocenters. The smallest absolute Gasteiger partial charge is 0.356 e. The number of carbonyl (C=O) groups is 1. The van der Waals surface area contributed by atoms with Crippen LogP contribution in [0.5, 0.6) is 0 Å². The van der Waals surface area contributed by atoms with E-state index in [1.807, 2.05) is 18.2 Å². The second-order valence-electron chi connectivity index (χ2n) is 6.14. The van der Waals surface area contributed by atoms with Crippen molar-refractivity contribution in [2.24, 2.45) is 0 Å². The Morgan fingerprint density at radius 1 is 1.04 bits per heavy atom. The number of nitrogens with zero attached hydrogens (tertiary/aromatic N) is 2. The minimum Gasteiger partial charge on any atom is -0.476 e. The molecule has 0 saturated carbocycles. The van der Waals surface area contributed by atoms with Gasteiger partial charge >= 0.3 is 5.97 Å². The zero-order chi connectivity index (χ0) is 18.4. The largest absolute Gasteiger partial charge is 0.476 e. The van der Waals surface area contributed by atoms with E-state index in [4.69, 9.17) is 34.8 Å². The number of aryl methyl sites for hydroxylation is 1. The van der Waals surface area contributed by atoms with Crippen molar-refractivity contribution in [1.29, 1.82) is 0 Å². The maximum Gasteiger partial charge on any atom is 0.356 e. The third kappa shape index (κ3) is 2.88. The summed E-state index contributed by atoms with van der Waals surface area (Å²) < 4.78 is 1.60. The molecule has 1 heterocycles. The first-order valence-corrected chi connectivity index (χ1v) is 9.18. The van der Waals surface area contributed by atoms with E-state index in [0.29, 0.717) is 32.7 Å². The Bertz CT molecular complexity index is 1040. The fraction of sp³-hybridized carbons (Fsp3) is 0.158. The van der Waals surface area contributed by atoms with Crippen molar-refractivity contribution in [2.75, 3.05) is 0 Å². The van der Waals surface area contributed by atoms with Gasteiger partial charge in [0.15, 0.2) is 5.69 Å². The van der Waals surface area contributed by atoms with Gasteiger partial charge in [-0.3, -0.25) is 0 Å². The number of hydrogen-bond donors (Lipinski definition) is 1. The summed E-state index contributed by atoms with van der Waals surface area (Å²) in [5.74, 6) is -1.06. The van der Waals surface area contributed by atoms with E-state index in [0.717, 1.165) is 29.7 Å². The molecule has 0 fully saturated rings. The second-order valence-corrected chi connectivity index (χ2v) is 7.42. The molecule has 26 heavy (non-hydrogen) atoms. The Balaban J connectivity index is 2.08. The van der Waals surface area contributed by atoms with E-state index >= 15 is 0 Å². The molecule has 0 amide bonds. The van der Waals surface area contributed by atoms with Gasteiger partial charge in [0.05, 0.1) is 16.4 Å². The van der Waals surface area contributed by atoms with Crippen molar-refractivity contribution in [3.8, 4) is 16.9 Å². The molecule has 132 valence electrons. The summed E-state index contributed by atoms with van der Waals surface area (Å²) in [6.45, 7) is 0. The minimum atomic E-state index is -1.06. The molecule has 0 aliphatic heterocycles. The lowest BCUT2D eigenvalue weighted by Gasteiger charge is -2.13. The number of hydrogen-bond acceptors (Lipinski definition) is 2. The molecule has 2 aromatic carbocycles. The van der Waals surface area contributed by atoms with Crippen molar-refractivity contribution >= 4 is 40.8 Å². The number of carboxylic acids is 1. The molecule has 1 aliphatic rings. The predicted octanol–water partition coefficient (Wildman–Crippen LogP) is 5.69. The van der Waals surface area contributed by atoms with Crippen LogP contribution >= 0.6 is 34.8 Å². The first kappa shape index (κ1) is 17.4. The molecule has 4 nitrogen and oxygen atoms in total. The second kappa shape index (κ2) is 6.62. The highest BCUT2D eigenvalue weighted by Crippen LogP contribution is 2.38. The number of aromatic carboxylic acids is 1. The predicted molar refractivity (Wildman–Crippen MR) is 103 cm³/mol. The highest BCUT2D eigenvalue weighted by molar-refractivity contribution is 6.35. The molecule has 1 N–H and O–H groups in total. The first-order chi connectivity index (χ1) is 12.5. The summed E-state index contributed by atoms with van der Waals surface area (Å²) in [6.07, 6.45) is 2.30. The number of aromatic nitrogens is 2. The van der Waals surface area contributed by atoms with Gasteiger partial charge in [0, 0.05) is 21.2 Å². The Kier molecular flexibility index (Phi) is 4.43. The van der Waals surface area contributed by atoms with E-state index in [-0.39, 0.29) is 5.69 Å². The third-order valence-corrected chi connectivity index (χ3v) is 5.30. The Labute approximate surface area is 164 Å². The first-order valence-electron chi connectivity index (χ1n) is 8.05. The van der Waals surface area contributed by atoms with Crippen molar-refractivity contribution < 1.29 is 9.90 Å². The third-order valence-electron chi connectivity index (χ3n) is 4.52. The average Bonchev–Trinajstić information content (AvgIpc) is 2.85. The fourth-order valence-corrected chi connectivity index (χ4v) is 4.07. The standard InChI is InChI=1S/C19H13Cl3N2O2/c20-11-5-4-10-2-1-3-13-17(19(25)26)23-24(18(13)14(10)8-11)16-7-6-12(21)9-15(16)22/h4-9H,1-3H2,(H,25,26).